The van der Waals surface area contributed by atoms with E-state index in [-0.39, 0.29) is 11.0 Å². The molecular weight excluding hydrogens is 999 g/mol. The van der Waals surface area contributed by atoms with Gasteiger partial charge in [-0.1, -0.05) is 53.7 Å². The number of aliphatic hydroxyl groups is 2. The standard InChI is InChI=1S/C21H19F4N3O2.C14H16BrN3O.C13H15BF4O3/c1-19(2,3)20(29,14-10-26-12-27-11-14)18-7-4-13(9-28-18)16-6-5-15(8-17(16)22)30-21(23,24)25;1-13(2,3)14(19,10-6-16-9-17-7-10)12-5-4-11(15)8-18-12;1-11(2)12(3,4)21-14(20-11)9-6-5-8(7-10(9)15)19-13(16,17)18/h4-12,29H,1-3H3;4-9,19H,1-3H3;5-7H,1-4H3. The number of hydrogen-bond acceptors (Lipinski definition) is 12. The maximum absolute atomic E-state index is 14.4. The fraction of sp³-hybridized carbons (Fsp3) is 0.375. The number of hydrogen-bond donors (Lipinski definition) is 2. The van der Waals surface area contributed by atoms with Crippen molar-refractivity contribution in [3.05, 3.63) is 149 Å². The predicted octanol–water partition coefficient (Wildman–Crippen LogP) is 10.8. The summed E-state index contributed by atoms with van der Waals surface area (Å²) in [5.41, 5.74) is -2.86. The second kappa shape index (κ2) is 20.6. The van der Waals surface area contributed by atoms with Crippen LogP contribution in [0, 0.1) is 22.5 Å². The molecule has 1 fully saturated rings. The van der Waals surface area contributed by atoms with E-state index in [0.717, 1.165) is 16.6 Å². The molecule has 12 nitrogen and oxygen atoms in total. The molecule has 22 heteroatoms. The zero-order valence-electron chi connectivity index (χ0n) is 39.6. The first-order chi connectivity index (χ1) is 32.2. The molecule has 0 amide bonds. The van der Waals surface area contributed by atoms with Crippen molar-refractivity contribution in [2.24, 2.45) is 10.8 Å². The summed E-state index contributed by atoms with van der Waals surface area (Å²) in [5, 5.41) is 22.7. The second-order valence-electron chi connectivity index (χ2n) is 19.0. The largest absolute Gasteiger partial charge is 0.573 e. The summed E-state index contributed by atoms with van der Waals surface area (Å²) >= 11 is 3.35. The molecule has 0 aliphatic carbocycles. The lowest BCUT2D eigenvalue weighted by Gasteiger charge is -2.39. The van der Waals surface area contributed by atoms with Gasteiger partial charge in [-0.25, -0.2) is 28.7 Å². The Labute approximate surface area is 408 Å². The molecule has 374 valence electrons. The summed E-state index contributed by atoms with van der Waals surface area (Å²) in [4.78, 5) is 24.6. The Balaban J connectivity index is 0.000000202. The summed E-state index contributed by atoms with van der Waals surface area (Å²) in [7, 11) is -0.977. The van der Waals surface area contributed by atoms with Gasteiger partial charge in [0.05, 0.1) is 22.6 Å². The number of nitrogens with zero attached hydrogens (tertiary/aromatic N) is 6. The lowest BCUT2D eigenvalue weighted by Crippen LogP contribution is -2.42. The molecule has 7 rings (SSSR count). The number of ether oxygens (including phenoxy) is 2. The summed E-state index contributed by atoms with van der Waals surface area (Å²) < 4.78 is 121. The Morgan fingerprint density at radius 1 is 0.557 bits per heavy atom. The van der Waals surface area contributed by atoms with Gasteiger partial charge >= 0.3 is 19.8 Å². The molecule has 2 aromatic carbocycles. The third-order valence-electron chi connectivity index (χ3n) is 11.6. The van der Waals surface area contributed by atoms with Crippen LogP contribution in [0.4, 0.5) is 35.1 Å². The first kappa shape index (κ1) is 55.3. The van der Waals surface area contributed by atoms with Gasteiger partial charge in [0.1, 0.15) is 47.0 Å². The van der Waals surface area contributed by atoms with Crippen LogP contribution in [0.1, 0.15) is 91.8 Å². The van der Waals surface area contributed by atoms with Crippen LogP contribution in [-0.2, 0) is 20.5 Å². The summed E-state index contributed by atoms with van der Waals surface area (Å²) in [6.07, 6.45) is 2.28. The summed E-state index contributed by atoms with van der Waals surface area (Å²) in [6, 6.07) is 12.4. The van der Waals surface area contributed by atoms with Gasteiger partial charge in [0.25, 0.3) is 0 Å². The minimum atomic E-state index is -4.91. The van der Waals surface area contributed by atoms with Crippen molar-refractivity contribution in [2.45, 2.75) is 104 Å². The van der Waals surface area contributed by atoms with Crippen molar-refractivity contribution in [3.8, 4) is 22.6 Å². The van der Waals surface area contributed by atoms with Gasteiger partial charge < -0.3 is 29.0 Å². The lowest BCUT2D eigenvalue weighted by molar-refractivity contribution is -0.275. The van der Waals surface area contributed by atoms with Crippen LogP contribution in [-0.4, -0.2) is 71.2 Å². The zero-order valence-corrected chi connectivity index (χ0v) is 41.2. The van der Waals surface area contributed by atoms with Crippen molar-refractivity contribution >= 4 is 28.5 Å². The first-order valence-electron chi connectivity index (χ1n) is 21.2. The van der Waals surface area contributed by atoms with E-state index in [1.54, 1.807) is 46.3 Å². The highest BCUT2D eigenvalue weighted by molar-refractivity contribution is 9.10. The molecule has 0 saturated carbocycles. The SMILES string of the molecule is CC(C)(C)C(O)(c1cncnc1)c1ccc(-c2ccc(OC(F)(F)F)cc2F)cn1.CC(C)(C)C(O)(c1cncnc1)c1ccc(Br)cn1.CC1(C)OB(c2ccc(OC(F)(F)F)cc2F)OC1(C)C. The summed E-state index contributed by atoms with van der Waals surface area (Å²) in [5.74, 6) is -3.05. The number of rotatable bonds is 8. The fourth-order valence-corrected chi connectivity index (χ4v) is 7.29. The monoisotopic (exact) mass is 1050 g/mol. The van der Waals surface area contributed by atoms with Crippen molar-refractivity contribution in [1.82, 2.24) is 29.9 Å². The normalized spacial score (nSPS) is 16.4. The van der Waals surface area contributed by atoms with Gasteiger partial charge in [0, 0.05) is 92.3 Å². The molecule has 70 heavy (non-hydrogen) atoms. The van der Waals surface area contributed by atoms with E-state index < -0.39 is 76.2 Å². The van der Waals surface area contributed by atoms with E-state index in [1.165, 1.54) is 55.5 Å². The number of halogens is 9. The fourth-order valence-electron chi connectivity index (χ4n) is 7.05. The van der Waals surface area contributed by atoms with Gasteiger partial charge in [-0.3, -0.25) is 9.97 Å². The lowest BCUT2D eigenvalue weighted by atomic mass is 9.70. The van der Waals surface area contributed by atoms with Crippen molar-refractivity contribution in [3.63, 3.8) is 0 Å². The molecule has 1 aliphatic heterocycles. The molecule has 6 aromatic rings. The quantitative estimate of drug-likeness (QED) is 0.110. The molecule has 1 saturated heterocycles. The Kier molecular flexibility index (Phi) is 16.2. The number of pyridine rings is 2. The molecule has 5 heterocycles. The maximum atomic E-state index is 14.4. The molecule has 2 atom stereocenters. The molecule has 0 radical (unpaired) electrons. The van der Waals surface area contributed by atoms with Gasteiger partial charge in [-0.15, -0.1) is 26.3 Å². The van der Waals surface area contributed by atoms with Gasteiger partial charge in [0.15, 0.2) is 0 Å². The van der Waals surface area contributed by atoms with Crippen molar-refractivity contribution < 1.29 is 64.1 Å². The third-order valence-corrected chi connectivity index (χ3v) is 12.0. The highest BCUT2D eigenvalue weighted by atomic mass is 79.9. The second-order valence-corrected chi connectivity index (χ2v) is 19.9. The number of alkyl halides is 6. The Morgan fingerprint density at radius 2 is 0.971 bits per heavy atom. The number of aromatic nitrogens is 6. The van der Waals surface area contributed by atoms with Gasteiger partial charge in [0.2, 0.25) is 0 Å². The Hall–Kier alpha value is -5.68. The molecule has 4 aromatic heterocycles. The topological polar surface area (TPSA) is 155 Å². The molecule has 0 bridgehead atoms. The third kappa shape index (κ3) is 12.8. The average Bonchev–Trinajstić information content (AvgIpc) is 3.47. The first-order valence-corrected chi connectivity index (χ1v) is 22.0. The minimum absolute atomic E-state index is 0.0307. The highest BCUT2D eigenvalue weighted by Gasteiger charge is 2.53. The smallest absolute Gasteiger partial charge is 0.406 e. The van der Waals surface area contributed by atoms with Crippen molar-refractivity contribution in [1.29, 1.82) is 0 Å². The maximum Gasteiger partial charge on any atom is 0.573 e. The molecule has 1 aliphatic rings. The van der Waals surface area contributed by atoms with E-state index in [2.05, 4.69) is 55.3 Å². The Morgan fingerprint density at radius 3 is 1.33 bits per heavy atom. The van der Waals surface area contributed by atoms with Crippen LogP contribution in [0.15, 0.2) is 115 Å². The van der Waals surface area contributed by atoms with Crippen LogP contribution in [0.3, 0.4) is 0 Å². The minimum Gasteiger partial charge on any atom is -0.406 e. The predicted molar refractivity (Wildman–Crippen MR) is 246 cm³/mol. The molecule has 2 unspecified atom stereocenters. The van der Waals surface area contributed by atoms with E-state index in [1.807, 2.05) is 53.7 Å². The number of benzene rings is 2. The van der Waals surface area contributed by atoms with E-state index in [9.17, 15) is 45.3 Å². The van der Waals surface area contributed by atoms with E-state index in [0.29, 0.717) is 40.2 Å². The van der Waals surface area contributed by atoms with Crippen LogP contribution in [0.25, 0.3) is 11.1 Å². The summed E-state index contributed by atoms with van der Waals surface area (Å²) in [6.45, 7) is 18.6. The van der Waals surface area contributed by atoms with Crippen LogP contribution >= 0.6 is 15.9 Å². The molecule has 2 N–H and O–H groups in total. The van der Waals surface area contributed by atoms with E-state index in [4.69, 9.17) is 9.31 Å². The molecule has 0 spiro atoms. The van der Waals surface area contributed by atoms with Gasteiger partial charge in [-0.2, -0.15) is 0 Å². The van der Waals surface area contributed by atoms with Crippen LogP contribution in [0.5, 0.6) is 11.5 Å². The van der Waals surface area contributed by atoms with Crippen molar-refractivity contribution in [2.75, 3.05) is 0 Å². The average molecular weight is 1050 g/mol. The highest BCUT2D eigenvalue weighted by Crippen LogP contribution is 2.45. The zero-order chi connectivity index (χ0) is 52.3. The molecular formula is C48H50BBrF8N6O6. The van der Waals surface area contributed by atoms with Crippen LogP contribution < -0.4 is 14.9 Å². The Bertz CT molecular complexity index is 2680. The van der Waals surface area contributed by atoms with Crippen LogP contribution in [0.2, 0.25) is 0 Å². The van der Waals surface area contributed by atoms with E-state index >= 15 is 0 Å². The van der Waals surface area contributed by atoms with Gasteiger partial charge in [-0.05, 0) is 80.0 Å².